The van der Waals surface area contributed by atoms with Crippen LogP contribution in [0.15, 0.2) is 12.2 Å². The monoisotopic (exact) mass is 213 g/mol. The fourth-order valence-corrected chi connectivity index (χ4v) is 1.70. The van der Waals surface area contributed by atoms with Crippen molar-refractivity contribution in [3.63, 3.8) is 0 Å². The normalized spacial score (nSPS) is 26.1. The van der Waals surface area contributed by atoms with Crippen molar-refractivity contribution in [3.8, 4) is 0 Å². The quantitative estimate of drug-likeness (QED) is 0.632. The number of carbonyl (C=O) groups is 2. The van der Waals surface area contributed by atoms with Gasteiger partial charge in [-0.3, -0.25) is 4.79 Å². The van der Waals surface area contributed by atoms with Gasteiger partial charge in [0.25, 0.3) is 0 Å². The third-order valence-electron chi connectivity index (χ3n) is 2.68. The molecular weight excluding hydrogens is 198 g/mol. The predicted octanol–water partition coefficient (Wildman–Crippen LogP) is -0.286. The summed E-state index contributed by atoms with van der Waals surface area (Å²) in [6.45, 7) is 3.11. The number of carboxylic acid groups (broad SMARTS) is 1. The molecule has 1 aliphatic rings. The Morgan fingerprint density at radius 3 is 2.53 bits per heavy atom. The van der Waals surface area contributed by atoms with Crippen molar-refractivity contribution >= 4 is 11.9 Å². The molecule has 1 amide bonds. The minimum Gasteiger partial charge on any atom is -0.478 e. The van der Waals surface area contributed by atoms with Gasteiger partial charge < -0.3 is 15.1 Å². The van der Waals surface area contributed by atoms with E-state index in [2.05, 4.69) is 0 Å². The smallest absolute Gasteiger partial charge is 0.328 e. The van der Waals surface area contributed by atoms with E-state index in [1.165, 1.54) is 0 Å². The van der Waals surface area contributed by atoms with Crippen molar-refractivity contribution in [3.05, 3.63) is 12.2 Å². The molecule has 0 aliphatic carbocycles. The highest BCUT2D eigenvalue weighted by Crippen LogP contribution is 2.22. The van der Waals surface area contributed by atoms with E-state index in [1.54, 1.807) is 4.90 Å². The lowest BCUT2D eigenvalue weighted by Gasteiger charge is -2.12. The summed E-state index contributed by atoms with van der Waals surface area (Å²) >= 11 is 0. The van der Waals surface area contributed by atoms with Crippen LogP contribution >= 0.6 is 0 Å². The lowest BCUT2D eigenvalue weighted by molar-refractivity contribution is -0.132. The van der Waals surface area contributed by atoms with Crippen LogP contribution in [0, 0.1) is 11.8 Å². The summed E-state index contributed by atoms with van der Waals surface area (Å²) in [5, 5.41) is 17.4. The lowest BCUT2D eigenvalue weighted by Crippen LogP contribution is -2.27. The first-order valence-electron chi connectivity index (χ1n) is 4.85. The first-order valence-corrected chi connectivity index (χ1v) is 4.85. The summed E-state index contributed by atoms with van der Waals surface area (Å²) in [6.07, 6.45) is 1.88. The molecule has 0 aromatic rings. The van der Waals surface area contributed by atoms with Gasteiger partial charge in [0.2, 0.25) is 5.91 Å². The molecule has 15 heavy (non-hydrogen) atoms. The molecule has 0 unspecified atom stereocenters. The Labute approximate surface area is 88.0 Å². The molecule has 5 heteroatoms. The Kier molecular flexibility index (Phi) is 3.85. The van der Waals surface area contributed by atoms with Crippen LogP contribution < -0.4 is 0 Å². The second-order valence-corrected chi connectivity index (χ2v) is 3.83. The van der Waals surface area contributed by atoms with E-state index in [0.29, 0.717) is 13.1 Å². The van der Waals surface area contributed by atoms with E-state index in [4.69, 9.17) is 10.2 Å². The summed E-state index contributed by atoms with van der Waals surface area (Å²) in [7, 11) is 0. The predicted molar refractivity (Wildman–Crippen MR) is 53.1 cm³/mol. The number of amides is 1. The maximum absolute atomic E-state index is 11.5. The summed E-state index contributed by atoms with van der Waals surface area (Å²) in [4.78, 5) is 23.2. The average Bonchev–Trinajstić information content (AvgIpc) is 2.56. The highest BCUT2D eigenvalue weighted by molar-refractivity contribution is 5.94. The first-order chi connectivity index (χ1) is 7.04. The van der Waals surface area contributed by atoms with Gasteiger partial charge in [0, 0.05) is 37.8 Å². The number of carbonyl (C=O) groups excluding carboxylic acids is 1. The number of likely N-dealkylation sites (tertiary alicyclic amines) is 1. The molecule has 2 N–H and O–H groups in total. The Balaban J connectivity index is 2.53. The van der Waals surface area contributed by atoms with E-state index in [1.807, 2.05) is 6.92 Å². The van der Waals surface area contributed by atoms with Crippen LogP contribution in [0.1, 0.15) is 6.92 Å². The molecule has 0 aromatic carbocycles. The molecule has 2 atom stereocenters. The number of carboxylic acids is 1. The van der Waals surface area contributed by atoms with Crippen LogP contribution in [0.3, 0.4) is 0 Å². The fraction of sp³-hybridized carbons (Fsp3) is 0.600. The van der Waals surface area contributed by atoms with Crippen LogP contribution in [0.5, 0.6) is 0 Å². The number of rotatable bonds is 3. The summed E-state index contributed by atoms with van der Waals surface area (Å²) in [5.41, 5.74) is 0. The minimum atomic E-state index is -1.13. The zero-order chi connectivity index (χ0) is 11.4. The van der Waals surface area contributed by atoms with Gasteiger partial charge in [0.15, 0.2) is 0 Å². The van der Waals surface area contributed by atoms with Gasteiger partial charge in [0.05, 0.1) is 0 Å². The van der Waals surface area contributed by atoms with Gasteiger partial charge in [-0.1, -0.05) is 6.92 Å². The summed E-state index contributed by atoms with van der Waals surface area (Å²) in [5.74, 6) is -1.07. The standard InChI is InChI=1S/C10H15NO4/c1-7-4-11(5-8(7)6-12)9(13)2-3-10(14)15/h2-3,7-8,12H,4-6H2,1H3,(H,14,15)/b3-2+/t7-,8-/m0/s1. The molecule has 0 spiro atoms. The van der Waals surface area contributed by atoms with Crippen LogP contribution in [0.25, 0.3) is 0 Å². The largest absolute Gasteiger partial charge is 0.478 e. The molecular formula is C10H15NO4. The fourth-order valence-electron chi connectivity index (χ4n) is 1.70. The van der Waals surface area contributed by atoms with Gasteiger partial charge in [-0.15, -0.1) is 0 Å². The molecule has 0 radical (unpaired) electrons. The molecule has 1 saturated heterocycles. The zero-order valence-corrected chi connectivity index (χ0v) is 8.59. The maximum Gasteiger partial charge on any atom is 0.328 e. The number of hydrogen-bond acceptors (Lipinski definition) is 3. The number of aliphatic hydroxyl groups is 1. The van der Waals surface area contributed by atoms with E-state index in [9.17, 15) is 9.59 Å². The second-order valence-electron chi connectivity index (χ2n) is 3.83. The van der Waals surface area contributed by atoms with E-state index < -0.39 is 5.97 Å². The first kappa shape index (κ1) is 11.7. The molecule has 0 saturated carbocycles. The van der Waals surface area contributed by atoms with Crippen molar-refractivity contribution in [1.29, 1.82) is 0 Å². The molecule has 1 rings (SSSR count). The van der Waals surface area contributed by atoms with Gasteiger partial charge in [-0.05, 0) is 5.92 Å². The van der Waals surface area contributed by atoms with Gasteiger partial charge in [-0.2, -0.15) is 0 Å². The Morgan fingerprint density at radius 2 is 2.07 bits per heavy atom. The number of aliphatic hydroxyl groups excluding tert-OH is 1. The van der Waals surface area contributed by atoms with Crippen molar-refractivity contribution in [2.75, 3.05) is 19.7 Å². The van der Waals surface area contributed by atoms with Crippen LogP contribution in [-0.4, -0.2) is 46.7 Å². The Bertz CT molecular complexity index is 287. The minimum absolute atomic E-state index is 0.0631. The van der Waals surface area contributed by atoms with Crippen LogP contribution in [0.2, 0.25) is 0 Å². The summed E-state index contributed by atoms with van der Waals surface area (Å²) < 4.78 is 0. The van der Waals surface area contributed by atoms with Crippen molar-refractivity contribution in [2.24, 2.45) is 11.8 Å². The maximum atomic E-state index is 11.5. The third-order valence-corrected chi connectivity index (χ3v) is 2.68. The average molecular weight is 213 g/mol. The summed E-state index contributed by atoms with van der Waals surface area (Å²) in [6, 6.07) is 0. The number of aliphatic carboxylic acids is 1. The third kappa shape index (κ3) is 3.06. The van der Waals surface area contributed by atoms with E-state index in [0.717, 1.165) is 12.2 Å². The van der Waals surface area contributed by atoms with Gasteiger partial charge in [0.1, 0.15) is 0 Å². The highest BCUT2D eigenvalue weighted by Gasteiger charge is 2.30. The zero-order valence-electron chi connectivity index (χ0n) is 8.59. The Hall–Kier alpha value is -1.36. The number of hydrogen-bond donors (Lipinski definition) is 2. The lowest BCUT2D eigenvalue weighted by atomic mass is 10.00. The van der Waals surface area contributed by atoms with E-state index in [-0.39, 0.29) is 24.3 Å². The van der Waals surface area contributed by atoms with Crippen molar-refractivity contribution in [2.45, 2.75) is 6.92 Å². The molecule has 0 bridgehead atoms. The molecule has 1 aliphatic heterocycles. The molecule has 84 valence electrons. The van der Waals surface area contributed by atoms with Crippen LogP contribution in [-0.2, 0) is 9.59 Å². The topological polar surface area (TPSA) is 77.8 Å². The van der Waals surface area contributed by atoms with Gasteiger partial charge >= 0.3 is 5.97 Å². The molecule has 1 fully saturated rings. The number of nitrogens with zero attached hydrogens (tertiary/aromatic N) is 1. The SMILES string of the molecule is C[C@H]1CN(C(=O)/C=C/C(=O)O)C[C@H]1CO. The second kappa shape index (κ2) is 4.93. The van der Waals surface area contributed by atoms with Crippen LogP contribution in [0.4, 0.5) is 0 Å². The Morgan fingerprint density at radius 1 is 1.40 bits per heavy atom. The van der Waals surface area contributed by atoms with Crippen molar-refractivity contribution in [1.82, 2.24) is 4.90 Å². The van der Waals surface area contributed by atoms with Gasteiger partial charge in [-0.25, -0.2) is 4.79 Å². The van der Waals surface area contributed by atoms with Crippen molar-refractivity contribution < 1.29 is 19.8 Å². The molecule has 1 heterocycles. The van der Waals surface area contributed by atoms with E-state index >= 15 is 0 Å². The molecule has 0 aromatic heterocycles. The highest BCUT2D eigenvalue weighted by atomic mass is 16.4. The molecule has 5 nitrogen and oxygen atoms in total.